The molecule has 2 saturated heterocycles. The fraction of sp³-hybridized carbons (Fsp3) is 0.480. The normalized spacial score (nSPS) is 18.2. The minimum Gasteiger partial charge on any atom is -0.490 e. The van der Waals surface area contributed by atoms with Crippen molar-refractivity contribution in [1.82, 2.24) is 5.32 Å². The maximum atomic E-state index is 11.1. The van der Waals surface area contributed by atoms with E-state index >= 15 is 0 Å². The number of carbonyl (C=O) groups excluding carboxylic acids is 1. The van der Waals surface area contributed by atoms with Gasteiger partial charge in [0.2, 0.25) is 5.91 Å². The molecule has 0 spiro atoms. The summed E-state index contributed by atoms with van der Waals surface area (Å²) in [5, 5.41) is 2.85. The number of piperidine rings is 1. The van der Waals surface area contributed by atoms with Crippen molar-refractivity contribution in [3.8, 4) is 5.75 Å². The number of amides is 1. The highest BCUT2D eigenvalue weighted by molar-refractivity contribution is 5.72. The third-order valence-electron chi connectivity index (χ3n) is 6.16. The maximum absolute atomic E-state index is 11.1. The summed E-state index contributed by atoms with van der Waals surface area (Å²) in [6, 6.07) is 17.3. The van der Waals surface area contributed by atoms with Crippen LogP contribution in [0, 0.1) is 0 Å². The molecule has 160 valence electrons. The summed E-state index contributed by atoms with van der Waals surface area (Å²) in [6.07, 6.45) is 4.55. The maximum Gasteiger partial charge on any atom is 0.217 e. The van der Waals surface area contributed by atoms with E-state index < -0.39 is 0 Å². The number of hydrogen-bond acceptors (Lipinski definition) is 4. The third kappa shape index (κ3) is 5.54. The first-order valence-electron chi connectivity index (χ1n) is 11.1. The predicted molar refractivity (Wildman–Crippen MR) is 119 cm³/mol. The number of nitrogens with one attached hydrogen (secondary N) is 1. The van der Waals surface area contributed by atoms with E-state index in [0.717, 1.165) is 63.3 Å². The highest BCUT2D eigenvalue weighted by atomic mass is 16.5. The van der Waals surface area contributed by atoms with Gasteiger partial charge in [0.15, 0.2) is 0 Å². The third-order valence-corrected chi connectivity index (χ3v) is 6.16. The van der Waals surface area contributed by atoms with E-state index in [1.165, 1.54) is 11.3 Å². The number of rotatable bonds is 6. The molecule has 0 bridgehead atoms. The molecule has 1 N–H and O–H groups in total. The molecule has 2 aromatic rings. The van der Waals surface area contributed by atoms with Crippen molar-refractivity contribution in [2.45, 2.75) is 51.2 Å². The molecule has 2 fully saturated rings. The summed E-state index contributed by atoms with van der Waals surface area (Å²) in [6.45, 7) is 5.89. The highest BCUT2D eigenvalue weighted by Crippen LogP contribution is 2.31. The van der Waals surface area contributed by atoms with Crippen LogP contribution >= 0.6 is 0 Å². The van der Waals surface area contributed by atoms with Crippen molar-refractivity contribution in [1.29, 1.82) is 0 Å². The van der Waals surface area contributed by atoms with Crippen molar-refractivity contribution in [2.24, 2.45) is 0 Å². The lowest BCUT2D eigenvalue weighted by atomic mass is 9.89. The standard InChI is InChI=1S/C25H32N2O3/c1-19(28)26-18-20-2-4-21(5-3-20)22-10-14-27(15-11-22)23-6-8-24(9-7-23)30-25-12-16-29-17-13-25/h2-9,22,25H,10-18H2,1H3,(H,26,28). The molecule has 0 radical (unpaired) electrons. The van der Waals surface area contributed by atoms with E-state index in [-0.39, 0.29) is 12.0 Å². The van der Waals surface area contributed by atoms with E-state index in [0.29, 0.717) is 12.5 Å². The first-order chi connectivity index (χ1) is 14.7. The zero-order chi connectivity index (χ0) is 20.8. The van der Waals surface area contributed by atoms with E-state index in [4.69, 9.17) is 9.47 Å². The lowest BCUT2D eigenvalue weighted by molar-refractivity contribution is -0.119. The highest BCUT2D eigenvalue weighted by Gasteiger charge is 2.21. The van der Waals surface area contributed by atoms with Crippen LogP contribution in [0.5, 0.6) is 5.75 Å². The average molecular weight is 409 g/mol. The first-order valence-corrected chi connectivity index (χ1v) is 11.1. The molecule has 1 amide bonds. The molecule has 2 aliphatic heterocycles. The van der Waals surface area contributed by atoms with E-state index in [9.17, 15) is 4.79 Å². The molecular weight excluding hydrogens is 376 g/mol. The van der Waals surface area contributed by atoms with Crippen molar-refractivity contribution < 1.29 is 14.3 Å². The van der Waals surface area contributed by atoms with Gasteiger partial charge in [0.25, 0.3) is 0 Å². The molecule has 0 unspecified atom stereocenters. The van der Waals surface area contributed by atoms with Crippen LogP contribution in [-0.4, -0.2) is 38.3 Å². The van der Waals surface area contributed by atoms with Crippen LogP contribution < -0.4 is 15.0 Å². The Morgan fingerprint density at radius 2 is 1.67 bits per heavy atom. The summed E-state index contributed by atoms with van der Waals surface area (Å²) >= 11 is 0. The Morgan fingerprint density at radius 1 is 1.00 bits per heavy atom. The number of anilines is 1. The summed E-state index contributed by atoms with van der Waals surface area (Å²) in [5.41, 5.74) is 3.83. The number of nitrogens with zero attached hydrogens (tertiary/aromatic N) is 1. The van der Waals surface area contributed by atoms with Crippen LogP contribution in [0.2, 0.25) is 0 Å². The minimum absolute atomic E-state index is 0.00892. The van der Waals surface area contributed by atoms with Gasteiger partial charge < -0.3 is 19.7 Å². The summed E-state index contributed by atoms with van der Waals surface area (Å²) in [7, 11) is 0. The molecule has 2 heterocycles. The number of benzene rings is 2. The number of hydrogen-bond donors (Lipinski definition) is 1. The van der Waals surface area contributed by atoms with Crippen LogP contribution in [0.15, 0.2) is 48.5 Å². The molecule has 4 rings (SSSR count). The Kier molecular flexibility index (Phi) is 6.90. The van der Waals surface area contributed by atoms with Crippen LogP contribution in [0.1, 0.15) is 49.7 Å². The van der Waals surface area contributed by atoms with Gasteiger partial charge in [0.1, 0.15) is 11.9 Å². The van der Waals surface area contributed by atoms with Crippen LogP contribution in [0.4, 0.5) is 5.69 Å². The van der Waals surface area contributed by atoms with Gasteiger partial charge >= 0.3 is 0 Å². The van der Waals surface area contributed by atoms with Crippen LogP contribution in [-0.2, 0) is 16.1 Å². The second-order valence-corrected chi connectivity index (χ2v) is 8.34. The van der Waals surface area contributed by atoms with Gasteiger partial charge in [-0.05, 0) is 54.2 Å². The van der Waals surface area contributed by atoms with Gasteiger partial charge in [-0.3, -0.25) is 4.79 Å². The fourth-order valence-electron chi connectivity index (χ4n) is 4.33. The Labute approximate surface area is 179 Å². The molecule has 5 nitrogen and oxygen atoms in total. The molecule has 5 heteroatoms. The summed E-state index contributed by atoms with van der Waals surface area (Å²) in [4.78, 5) is 13.5. The van der Waals surface area contributed by atoms with Crippen LogP contribution in [0.25, 0.3) is 0 Å². The second kappa shape index (κ2) is 9.98. The van der Waals surface area contributed by atoms with Crippen molar-refractivity contribution in [2.75, 3.05) is 31.2 Å². The second-order valence-electron chi connectivity index (χ2n) is 8.34. The van der Waals surface area contributed by atoms with E-state index in [1.54, 1.807) is 6.92 Å². The Balaban J connectivity index is 1.27. The van der Waals surface area contributed by atoms with Crippen LogP contribution in [0.3, 0.4) is 0 Å². The smallest absolute Gasteiger partial charge is 0.217 e. The Morgan fingerprint density at radius 3 is 2.30 bits per heavy atom. The van der Waals surface area contributed by atoms with E-state index in [2.05, 4.69) is 58.7 Å². The first kappa shape index (κ1) is 20.7. The fourth-order valence-corrected chi connectivity index (χ4v) is 4.33. The largest absolute Gasteiger partial charge is 0.490 e. The molecule has 0 aromatic heterocycles. The quantitative estimate of drug-likeness (QED) is 0.776. The van der Waals surface area contributed by atoms with Crippen molar-refractivity contribution >= 4 is 11.6 Å². The Hall–Kier alpha value is -2.53. The molecule has 2 aromatic carbocycles. The number of ether oxygens (including phenoxy) is 2. The average Bonchev–Trinajstić information content (AvgIpc) is 2.79. The molecule has 2 aliphatic rings. The summed E-state index contributed by atoms with van der Waals surface area (Å²) in [5.74, 6) is 1.57. The minimum atomic E-state index is 0.00892. The zero-order valence-corrected chi connectivity index (χ0v) is 17.8. The van der Waals surface area contributed by atoms with Crippen molar-refractivity contribution in [3.05, 3.63) is 59.7 Å². The van der Waals surface area contributed by atoms with Crippen molar-refractivity contribution in [3.63, 3.8) is 0 Å². The molecule has 30 heavy (non-hydrogen) atoms. The van der Waals surface area contributed by atoms with Gasteiger partial charge in [-0.25, -0.2) is 0 Å². The predicted octanol–water partition coefficient (Wildman–Crippen LogP) is 4.26. The molecule has 0 saturated carbocycles. The number of carbonyl (C=O) groups is 1. The van der Waals surface area contributed by atoms with Gasteiger partial charge in [-0.2, -0.15) is 0 Å². The van der Waals surface area contributed by atoms with E-state index in [1.807, 2.05) is 0 Å². The molecule has 0 atom stereocenters. The lowest BCUT2D eigenvalue weighted by Crippen LogP contribution is -2.32. The topological polar surface area (TPSA) is 50.8 Å². The summed E-state index contributed by atoms with van der Waals surface area (Å²) < 4.78 is 11.5. The molecular formula is C25H32N2O3. The van der Waals surface area contributed by atoms with Gasteiger partial charge in [-0.1, -0.05) is 24.3 Å². The van der Waals surface area contributed by atoms with Gasteiger partial charge in [-0.15, -0.1) is 0 Å². The van der Waals surface area contributed by atoms with Gasteiger partial charge in [0.05, 0.1) is 13.2 Å². The van der Waals surface area contributed by atoms with Gasteiger partial charge in [0, 0.05) is 45.1 Å². The Bertz CT molecular complexity index is 805. The molecule has 0 aliphatic carbocycles. The SMILES string of the molecule is CC(=O)NCc1ccc(C2CCN(c3ccc(OC4CCOCC4)cc3)CC2)cc1. The lowest BCUT2D eigenvalue weighted by Gasteiger charge is -2.34. The zero-order valence-electron chi connectivity index (χ0n) is 17.8. The monoisotopic (exact) mass is 408 g/mol.